The Morgan fingerprint density at radius 3 is 2.43 bits per heavy atom. The van der Waals surface area contributed by atoms with Gasteiger partial charge < -0.3 is 4.98 Å². The molecule has 4 aromatic rings. The number of para-hydroxylation sites is 1. The molecule has 0 aliphatic rings. The van der Waals surface area contributed by atoms with Crippen molar-refractivity contribution in [2.75, 3.05) is 0 Å². The molecular formula is C18H13NS2. The summed E-state index contributed by atoms with van der Waals surface area (Å²) in [5, 5.41) is 3.41. The number of hydrogen-bond acceptors (Lipinski definition) is 2. The van der Waals surface area contributed by atoms with Crippen LogP contribution >= 0.6 is 23.1 Å². The highest BCUT2D eigenvalue weighted by Crippen LogP contribution is 2.42. The molecule has 0 fully saturated rings. The van der Waals surface area contributed by atoms with Gasteiger partial charge in [-0.1, -0.05) is 54.2 Å². The maximum Gasteiger partial charge on any atom is 0.0708 e. The van der Waals surface area contributed by atoms with Crippen molar-refractivity contribution >= 4 is 34.0 Å². The number of H-pyrrole nitrogens is 1. The van der Waals surface area contributed by atoms with Crippen LogP contribution in [0.3, 0.4) is 0 Å². The van der Waals surface area contributed by atoms with Gasteiger partial charge in [0.2, 0.25) is 0 Å². The van der Waals surface area contributed by atoms with Crippen LogP contribution in [0.2, 0.25) is 0 Å². The minimum Gasteiger partial charge on any atom is -0.353 e. The van der Waals surface area contributed by atoms with Crippen LogP contribution in [0.15, 0.2) is 81.9 Å². The topological polar surface area (TPSA) is 15.8 Å². The molecule has 21 heavy (non-hydrogen) atoms. The lowest BCUT2D eigenvalue weighted by atomic mass is 10.2. The first-order valence-electron chi connectivity index (χ1n) is 6.79. The Kier molecular flexibility index (Phi) is 3.30. The number of rotatable bonds is 3. The van der Waals surface area contributed by atoms with Crippen LogP contribution in [0.4, 0.5) is 0 Å². The Hall–Kier alpha value is -1.97. The summed E-state index contributed by atoms with van der Waals surface area (Å²) in [6, 6.07) is 23.3. The van der Waals surface area contributed by atoms with E-state index < -0.39 is 0 Å². The third kappa shape index (κ3) is 2.39. The zero-order chi connectivity index (χ0) is 14.1. The highest BCUT2D eigenvalue weighted by Gasteiger charge is 2.14. The summed E-state index contributed by atoms with van der Waals surface area (Å²) in [5.41, 5.74) is 2.42. The third-order valence-corrected chi connectivity index (χ3v) is 5.41. The predicted octanol–water partition coefficient (Wildman–Crippen LogP) is 6.05. The summed E-state index contributed by atoms with van der Waals surface area (Å²) in [5.74, 6) is 0. The first-order valence-corrected chi connectivity index (χ1v) is 8.49. The molecule has 1 N–H and O–H groups in total. The normalized spacial score (nSPS) is 11.0. The van der Waals surface area contributed by atoms with Crippen LogP contribution in [-0.4, -0.2) is 4.98 Å². The maximum absolute atomic E-state index is 3.58. The van der Waals surface area contributed by atoms with E-state index in [1.807, 2.05) is 11.8 Å². The highest BCUT2D eigenvalue weighted by molar-refractivity contribution is 7.99. The summed E-state index contributed by atoms with van der Waals surface area (Å²) in [6.07, 6.45) is 0. The molecule has 2 heterocycles. The molecule has 0 bridgehead atoms. The Morgan fingerprint density at radius 1 is 0.810 bits per heavy atom. The Bertz CT molecular complexity index is 861. The number of thiophene rings is 1. The zero-order valence-corrected chi connectivity index (χ0v) is 12.9. The van der Waals surface area contributed by atoms with Gasteiger partial charge in [-0.15, -0.1) is 11.3 Å². The second kappa shape index (κ2) is 5.43. The number of benzene rings is 2. The molecule has 0 saturated heterocycles. The Morgan fingerprint density at radius 2 is 1.62 bits per heavy atom. The Labute approximate surface area is 131 Å². The molecule has 102 valence electrons. The number of nitrogens with one attached hydrogen (secondary N) is 1. The van der Waals surface area contributed by atoms with Crippen LogP contribution < -0.4 is 0 Å². The van der Waals surface area contributed by atoms with Gasteiger partial charge in [-0.05, 0) is 29.6 Å². The minimum atomic E-state index is 1.19. The molecule has 0 aliphatic carbocycles. The van der Waals surface area contributed by atoms with E-state index in [9.17, 15) is 0 Å². The fraction of sp³-hybridized carbons (Fsp3) is 0. The minimum absolute atomic E-state index is 1.19. The number of aromatic nitrogens is 1. The molecule has 0 atom stereocenters. The van der Waals surface area contributed by atoms with Crippen LogP contribution in [0.25, 0.3) is 21.5 Å². The lowest BCUT2D eigenvalue weighted by Crippen LogP contribution is -1.76. The van der Waals surface area contributed by atoms with Gasteiger partial charge in [-0.25, -0.2) is 0 Å². The molecule has 0 saturated carbocycles. The second-order valence-electron chi connectivity index (χ2n) is 4.77. The molecule has 0 unspecified atom stereocenters. The van der Waals surface area contributed by atoms with E-state index in [1.165, 1.54) is 31.3 Å². The van der Waals surface area contributed by atoms with Gasteiger partial charge in [0, 0.05) is 20.7 Å². The summed E-state index contributed by atoms with van der Waals surface area (Å²) >= 11 is 3.60. The van der Waals surface area contributed by atoms with Gasteiger partial charge in [0.1, 0.15) is 0 Å². The van der Waals surface area contributed by atoms with Crippen molar-refractivity contribution in [3.05, 3.63) is 72.1 Å². The van der Waals surface area contributed by atoms with E-state index in [-0.39, 0.29) is 0 Å². The summed E-state index contributed by atoms with van der Waals surface area (Å²) in [7, 11) is 0. The zero-order valence-electron chi connectivity index (χ0n) is 11.2. The maximum atomic E-state index is 3.58. The van der Waals surface area contributed by atoms with Crippen LogP contribution in [0, 0.1) is 0 Å². The fourth-order valence-electron chi connectivity index (χ4n) is 2.42. The smallest absolute Gasteiger partial charge is 0.0708 e. The van der Waals surface area contributed by atoms with Gasteiger partial charge in [-0.2, -0.15) is 0 Å². The van der Waals surface area contributed by atoms with Gasteiger partial charge in [0.25, 0.3) is 0 Å². The van der Waals surface area contributed by atoms with Crippen molar-refractivity contribution in [1.29, 1.82) is 0 Å². The monoisotopic (exact) mass is 307 g/mol. The van der Waals surface area contributed by atoms with Crippen molar-refractivity contribution in [3.63, 3.8) is 0 Å². The summed E-state index contributed by atoms with van der Waals surface area (Å²) in [6.45, 7) is 0. The van der Waals surface area contributed by atoms with E-state index in [1.54, 1.807) is 11.3 Å². The Balaban J connectivity index is 1.91. The third-order valence-electron chi connectivity index (χ3n) is 3.39. The lowest BCUT2D eigenvalue weighted by molar-refractivity contribution is 1.40. The molecule has 0 radical (unpaired) electrons. The fourth-order valence-corrected chi connectivity index (χ4v) is 4.30. The number of hydrogen-bond donors (Lipinski definition) is 1. The molecule has 0 aliphatic heterocycles. The largest absolute Gasteiger partial charge is 0.353 e. The predicted molar refractivity (Wildman–Crippen MR) is 92.2 cm³/mol. The van der Waals surface area contributed by atoms with Gasteiger partial charge in [0.15, 0.2) is 0 Å². The summed E-state index contributed by atoms with van der Waals surface area (Å²) in [4.78, 5) is 7.43. The van der Waals surface area contributed by atoms with Crippen molar-refractivity contribution < 1.29 is 0 Å². The first-order chi connectivity index (χ1) is 10.4. The lowest BCUT2D eigenvalue weighted by Gasteiger charge is -2.03. The van der Waals surface area contributed by atoms with Crippen molar-refractivity contribution in [2.45, 2.75) is 9.79 Å². The SMILES string of the molecule is c1ccc(Sc2c(-c3cccs3)[nH]c3ccccc23)cc1. The molecule has 4 rings (SSSR count). The van der Waals surface area contributed by atoms with E-state index in [2.05, 4.69) is 77.1 Å². The van der Waals surface area contributed by atoms with Crippen LogP contribution in [-0.2, 0) is 0 Å². The van der Waals surface area contributed by atoms with Gasteiger partial charge in [-0.3, -0.25) is 0 Å². The molecular weight excluding hydrogens is 294 g/mol. The molecule has 2 aromatic heterocycles. The van der Waals surface area contributed by atoms with E-state index in [4.69, 9.17) is 0 Å². The quantitative estimate of drug-likeness (QED) is 0.487. The molecule has 3 heteroatoms. The van der Waals surface area contributed by atoms with Crippen LogP contribution in [0.1, 0.15) is 0 Å². The molecule has 0 spiro atoms. The van der Waals surface area contributed by atoms with Crippen LogP contribution in [0.5, 0.6) is 0 Å². The molecule has 0 amide bonds. The number of aromatic amines is 1. The average molecular weight is 307 g/mol. The van der Waals surface area contributed by atoms with Crippen molar-refractivity contribution in [1.82, 2.24) is 4.98 Å². The molecule has 2 aromatic carbocycles. The van der Waals surface area contributed by atoms with Gasteiger partial charge in [0.05, 0.1) is 10.6 Å². The second-order valence-corrected chi connectivity index (χ2v) is 6.80. The summed E-state index contributed by atoms with van der Waals surface area (Å²) < 4.78 is 0. The van der Waals surface area contributed by atoms with E-state index in [0.717, 1.165) is 0 Å². The molecule has 1 nitrogen and oxygen atoms in total. The van der Waals surface area contributed by atoms with E-state index in [0.29, 0.717) is 0 Å². The first kappa shape index (κ1) is 12.7. The van der Waals surface area contributed by atoms with Crippen molar-refractivity contribution in [2.24, 2.45) is 0 Å². The van der Waals surface area contributed by atoms with E-state index >= 15 is 0 Å². The van der Waals surface area contributed by atoms with Gasteiger partial charge >= 0.3 is 0 Å². The highest BCUT2D eigenvalue weighted by atomic mass is 32.2. The number of fused-ring (bicyclic) bond motifs is 1. The van der Waals surface area contributed by atoms with Crippen molar-refractivity contribution in [3.8, 4) is 10.6 Å². The average Bonchev–Trinajstić information content (AvgIpc) is 3.16. The standard InChI is InChI=1S/C18H13NS2/c1-2-7-13(8-3-1)21-18-14-9-4-5-10-15(14)19-17(18)16-11-6-12-20-16/h1-12,19H.